The van der Waals surface area contributed by atoms with Gasteiger partial charge >= 0.3 is 0 Å². The average Bonchev–Trinajstić information content (AvgIpc) is 3.17. The number of nitrogens with zero attached hydrogens (tertiary/aromatic N) is 2. The van der Waals surface area contributed by atoms with Crippen LogP contribution in [0.4, 0.5) is 0 Å². The van der Waals surface area contributed by atoms with Gasteiger partial charge in [0.1, 0.15) is 5.75 Å². The second-order valence-corrected chi connectivity index (χ2v) is 8.29. The molecule has 144 valence electrons. The summed E-state index contributed by atoms with van der Waals surface area (Å²) in [5.74, 6) is 0.782. The topological polar surface area (TPSA) is 69.2 Å². The van der Waals surface area contributed by atoms with Crippen LogP contribution >= 0.6 is 0 Å². The van der Waals surface area contributed by atoms with Crippen LogP contribution in [0, 0.1) is 5.92 Å². The van der Waals surface area contributed by atoms with E-state index in [1.54, 1.807) is 12.4 Å². The lowest BCUT2D eigenvalue weighted by Gasteiger charge is -2.55. The fraction of sp³-hybridized carbons (Fsp3) is 0.391. The SMILES string of the molecule is CC[C@]12CCN(C(=O)c3ccc4nc[nH]c4c3)C(Cc3ccc(O)cc31)C2C. The average molecular weight is 375 g/mol. The molecule has 1 aliphatic heterocycles. The van der Waals surface area contributed by atoms with E-state index in [9.17, 15) is 9.90 Å². The maximum Gasteiger partial charge on any atom is 0.254 e. The number of amides is 1. The highest BCUT2D eigenvalue weighted by Crippen LogP contribution is 2.51. The Bertz CT molecular complexity index is 1070. The number of rotatable bonds is 2. The fourth-order valence-electron chi connectivity index (χ4n) is 5.63. The second kappa shape index (κ2) is 6.09. The molecule has 1 fully saturated rings. The zero-order valence-electron chi connectivity index (χ0n) is 16.3. The second-order valence-electron chi connectivity index (χ2n) is 8.29. The van der Waals surface area contributed by atoms with Crippen molar-refractivity contribution < 1.29 is 9.90 Å². The van der Waals surface area contributed by atoms with Crippen molar-refractivity contribution in [1.29, 1.82) is 0 Å². The quantitative estimate of drug-likeness (QED) is 0.711. The van der Waals surface area contributed by atoms with Crippen LogP contribution in [0.1, 0.15) is 48.2 Å². The third-order valence-electron chi connectivity index (χ3n) is 7.27. The van der Waals surface area contributed by atoms with E-state index in [0.717, 1.165) is 36.8 Å². The van der Waals surface area contributed by atoms with E-state index >= 15 is 0 Å². The number of phenols is 1. The van der Waals surface area contributed by atoms with Crippen LogP contribution in [0.2, 0.25) is 0 Å². The van der Waals surface area contributed by atoms with E-state index in [1.165, 1.54) is 11.1 Å². The van der Waals surface area contributed by atoms with Crippen LogP contribution in [-0.2, 0) is 11.8 Å². The van der Waals surface area contributed by atoms with E-state index in [0.29, 0.717) is 17.2 Å². The lowest BCUT2D eigenvalue weighted by atomic mass is 9.56. The molecule has 3 atom stereocenters. The van der Waals surface area contributed by atoms with Crippen LogP contribution in [0.3, 0.4) is 0 Å². The number of benzene rings is 2. The highest BCUT2D eigenvalue weighted by Gasteiger charge is 2.51. The number of aromatic amines is 1. The summed E-state index contributed by atoms with van der Waals surface area (Å²) in [5.41, 5.74) is 5.06. The van der Waals surface area contributed by atoms with Gasteiger partial charge in [0, 0.05) is 23.6 Å². The van der Waals surface area contributed by atoms with Crippen LogP contribution < -0.4 is 0 Å². The summed E-state index contributed by atoms with van der Waals surface area (Å²) < 4.78 is 0. The predicted molar refractivity (Wildman–Crippen MR) is 108 cm³/mol. The van der Waals surface area contributed by atoms with E-state index in [1.807, 2.05) is 30.3 Å². The molecule has 2 heterocycles. The minimum Gasteiger partial charge on any atom is -0.508 e. The third kappa shape index (κ3) is 2.32. The highest BCUT2D eigenvalue weighted by molar-refractivity contribution is 5.97. The lowest BCUT2D eigenvalue weighted by Crippen LogP contribution is -2.60. The molecule has 5 heteroatoms. The summed E-state index contributed by atoms with van der Waals surface area (Å²) in [6.07, 6.45) is 4.44. The number of carbonyl (C=O) groups excluding carboxylic acids is 1. The number of nitrogens with one attached hydrogen (secondary N) is 1. The summed E-state index contributed by atoms with van der Waals surface area (Å²) in [5, 5.41) is 10.1. The Kier molecular flexibility index (Phi) is 3.76. The van der Waals surface area contributed by atoms with Gasteiger partial charge in [-0.15, -0.1) is 0 Å². The maximum absolute atomic E-state index is 13.4. The number of hydrogen-bond donors (Lipinski definition) is 2. The molecule has 0 radical (unpaired) electrons. The number of fused-ring (bicyclic) bond motifs is 5. The maximum atomic E-state index is 13.4. The molecule has 1 amide bonds. The van der Waals surface area contributed by atoms with Gasteiger partial charge in [-0.1, -0.05) is 19.9 Å². The van der Waals surface area contributed by atoms with Crippen molar-refractivity contribution >= 4 is 16.9 Å². The number of aromatic hydroxyl groups is 1. The first-order chi connectivity index (χ1) is 13.5. The Labute approximate surface area is 164 Å². The van der Waals surface area contributed by atoms with E-state index in [2.05, 4.69) is 28.7 Å². The Morgan fingerprint density at radius 3 is 3.00 bits per heavy atom. The van der Waals surface area contributed by atoms with Gasteiger partial charge in [-0.25, -0.2) is 4.98 Å². The van der Waals surface area contributed by atoms with Gasteiger partial charge in [-0.05, 0) is 66.6 Å². The van der Waals surface area contributed by atoms with E-state index in [4.69, 9.17) is 0 Å². The molecule has 0 spiro atoms. The summed E-state index contributed by atoms with van der Waals surface area (Å²) in [6, 6.07) is 11.6. The molecule has 5 rings (SSSR count). The van der Waals surface area contributed by atoms with Gasteiger partial charge in [0.2, 0.25) is 0 Å². The molecule has 2 unspecified atom stereocenters. The molecule has 0 saturated carbocycles. The number of aromatic nitrogens is 2. The monoisotopic (exact) mass is 375 g/mol. The van der Waals surface area contributed by atoms with Crippen LogP contribution in [-0.4, -0.2) is 38.5 Å². The molecule has 1 aliphatic carbocycles. The van der Waals surface area contributed by atoms with Crippen molar-refractivity contribution in [3.05, 3.63) is 59.4 Å². The van der Waals surface area contributed by atoms with Crippen molar-refractivity contribution in [3.63, 3.8) is 0 Å². The Morgan fingerprint density at radius 1 is 1.32 bits per heavy atom. The molecular weight excluding hydrogens is 350 g/mol. The Balaban J connectivity index is 1.54. The van der Waals surface area contributed by atoms with Gasteiger partial charge < -0.3 is 15.0 Å². The predicted octanol–water partition coefficient (Wildman–Crippen LogP) is 4.02. The first-order valence-electron chi connectivity index (χ1n) is 10.1. The van der Waals surface area contributed by atoms with Gasteiger partial charge in [0.05, 0.1) is 17.4 Å². The first kappa shape index (κ1) is 17.3. The van der Waals surface area contributed by atoms with Crippen molar-refractivity contribution in [2.45, 2.75) is 44.6 Å². The summed E-state index contributed by atoms with van der Waals surface area (Å²) >= 11 is 0. The number of phenolic OH excluding ortho intramolecular Hbond substituents is 1. The number of carbonyl (C=O) groups is 1. The summed E-state index contributed by atoms with van der Waals surface area (Å²) in [7, 11) is 0. The number of H-pyrrole nitrogens is 1. The largest absolute Gasteiger partial charge is 0.508 e. The molecule has 5 nitrogen and oxygen atoms in total. The van der Waals surface area contributed by atoms with Crippen molar-refractivity contribution in [1.82, 2.24) is 14.9 Å². The number of imidazole rings is 1. The van der Waals surface area contributed by atoms with Crippen molar-refractivity contribution in [2.75, 3.05) is 6.54 Å². The Hall–Kier alpha value is -2.82. The molecule has 1 saturated heterocycles. The molecule has 1 aromatic heterocycles. The minimum absolute atomic E-state index is 0.0289. The molecular formula is C23H25N3O2. The highest BCUT2D eigenvalue weighted by atomic mass is 16.3. The Morgan fingerprint density at radius 2 is 2.18 bits per heavy atom. The number of likely N-dealkylation sites (tertiary alicyclic amines) is 1. The standard InChI is InChI=1S/C23H25N3O2/c1-3-23-8-9-26(22(28)16-5-7-19-20(10-16)25-13-24-19)21(14(23)2)11-15-4-6-17(27)12-18(15)23/h4-7,10,12-14,21,27H,3,8-9,11H2,1-2H3,(H,24,25)/t14?,21?,23-/m1/s1. The first-order valence-corrected chi connectivity index (χ1v) is 10.1. The fourth-order valence-corrected chi connectivity index (χ4v) is 5.63. The number of hydrogen-bond acceptors (Lipinski definition) is 3. The zero-order chi connectivity index (χ0) is 19.5. The molecule has 2 bridgehead atoms. The van der Waals surface area contributed by atoms with Gasteiger partial charge in [-0.3, -0.25) is 4.79 Å². The molecule has 3 aromatic rings. The molecule has 2 aliphatic rings. The zero-order valence-corrected chi connectivity index (χ0v) is 16.3. The van der Waals surface area contributed by atoms with Gasteiger partial charge in [0.25, 0.3) is 5.91 Å². The van der Waals surface area contributed by atoms with E-state index in [-0.39, 0.29) is 17.4 Å². The summed E-state index contributed by atoms with van der Waals surface area (Å²) in [6.45, 7) is 5.26. The summed E-state index contributed by atoms with van der Waals surface area (Å²) in [4.78, 5) is 22.8. The normalized spacial score (nSPS) is 26.3. The van der Waals surface area contributed by atoms with Crippen molar-refractivity contribution in [3.8, 4) is 5.75 Å². The van der Waals surface area contributed by atoms with E-state index < -0.39 is 0 Å². The molecule has 28 heavy (non-hydrogen) atoms. The number of piperidine rings is 1. The van der Waals surface area contributed by atoms with Crippen LogP contribution in [0.15, 0.2) is 42.7 Å². The van der Waals surface area contributed by atoms with Gasteiger partial charge in [0.15, 0.2) is 0 Å². The molecule has 2 aromatic carbocycles. The van der Waals surface area contributed by atoms with Crippen LogP contribution in [0.5, 0.6) is 5.75 Å². The van der Waals surface area contributed by atoms with Crippen molar-refractivity contribution in [2.24, 2.45) is 5.92 Å². The van der Waals surface area contributed by atoms with Crippen LogP contribution in [0.25, 0.3) is 11.0 Å². The minimum atomic E-state index is 0.0289. The third-order valence-corrected chi connectivity index (χ3v) is 7.27. The van der Waals surface area contributed by atoms with Gasteiger partial charge in [-0.2, -0.15) is 0 Å². The molecule has 2 N–H and O–H groups in total. The smallest absolute Gasteiger partial charge is 0.254 e. The lowest BCUT2D eigenvalue weighted by molar-refractivity contribution is 0.0186.